The van der Waals surface area contributed by atoms with Gasteiger partial charge in [-0.05, 0) is 31.4 Å². The topological polar surface area (TPSA) is 12.0 Å². The maximum Gasteiger partial charge on any atom is 0.0210 e. The van der Waals surface area contributed by atoms with Crippen molar-refractivity contribution in [3.63, 3.8) is 0 Å². The number of unbranched alkanes of at least 4 members (excludes halogenated alkanes) is 14. The van der Waals surface area contributed by atoms with Gasteiger partial charge in [0.25, 0.3) is 0 Å². The Bertz CT molecular complexity index is 514. The van der Waals surface area contributed by atoms with E-state index >= 15 is 0 Å². The highest BCUT2D eigenvalue weighted by Gasteiger charge is 2.16. The molecule has 0 saturated carbocycles. The van der Waals surface area contributed by atoms with Gasteiger partial charge in [-0.15, -0.1) is 0 Å². The average molecular weight is 414 g/mol. The zero-order chi connectivity index (χ0) is 21.9. The number of hydrogen-bond donors (Lipinski definition) is 1. The smallest absolute Gasteiger partial charge is 0.0210 e. The van der Waals surface area contributed by atoms with Crippen LogP contribution in [0.15, 0.2) is 30.8 Å². The van der Waals surface area contributed by atoms with E-state index in [0.29, 0.717) is 0 Å². The maximum absolute atomic E-state index is 3.82. The van der Waals surface area contributed by atoms with Crippen LogP contribution in [0.2, 0.25) is 0 Å². The minimum atomic E-state index is 0.216. The summed E-state index contributed by atoms with van der Waals surface area (Å²) in [4.78, 5) is 0. The molecular weight excluding hydrogens is 362 g/mol. The summed E-state index contributed by atoms with van der Waals surface area (Å²) in [5.74, 6) is 0. The highest BCUT2D eigenvalue weighted by atomic mass is 14.9. The molecule has 0 saturated heterocycles. The van der Waals surface area contributed by atoms with Crippen molar-refractivity contribution in [3.8, 4) is 0 Å². The van der Waals surface area contributed by atoms with Gasteiger partial charge in [-0.2, -0.15) is 0 Å². The standard InChI is InChI=1S/C29H51N/c1-5-7-8-9-10-11-12-13-14-15-16-17-18-19-20-25-29(3,4)30-26-28-23-21-27(6-2)22-24-28/h6,21-24,30H,2,5,7-20,25-26H2,1,3-4H3. The molecule has 1 aromatic carbocycles. The molecule has 0 heterocycles. The van der Waals surface area contributed by atoms with Crippen LogP contribution in [0.25, 0.3) is 6.08 Å². The fourth-order valence-corrected chi connectivity index (χ4v) is 4.14. The molecule has 0 aliphatic rings. The van der Waals surface area contributed by atoms with Gasteiger partial charge < -0.3 is 5.32 Å². The van der Waals surface area contributed by atoms with Gasteiger partial charge in [-0.25, -0.2) is 0 Å². The monoisotopic (exact) mass is 413 g/mol. The van der Waals surface area contributed by atoms with Crippen LogP contribution in [0, 0.1) is 0 Å². The molecule has 0 aliphatic heterocycles. The van der Waals surface area contributed by atoms with Crippen LogP contribution in [0.5, 0.6) is 0 Å². The SMILES string of the molecule is C=Cc1ccc(CNC(C)(C)CCCCCCCCCCCCCCCCC)cc1. The lowest BCUT2D eigenvalue weighted by Crippen LogP contribution is -2.38. The van der Waals surface area contributed by atoms with Gasteiger partial charge in [0.05, 0.1) is 0 Å². The Labute approximate surface area is 189 Å². The first kappa shape index (κ1) is 27.0. The largest absolute Gasteiger partial charge is 0.308 e. The van der Waals surface area contributed by atoms with Gasteiger partial charge in [0.1, 0.15) is 0 Å². The van der Waals surface area contributed by atoms with Crippen LogP contribution in [-0.4, -0.2) is 5.54 Å². The van der Waals surface area contributed by atoms with E-state index in [1.807, 2.05) is 6.08 Å². The first-order valence-corrected chi connectivity index (χ1v) is 13.0. The molecular formula is C29H51N. The summed E-state index contributed by atoms with van der Waals surface area (Å²) < 4.78 is 0. The zero-order valence-electron chi connectivity index (χ0n) is 20.6. The van der Waals surface area contributed by atoms with Crippen molar-refractivity contribution in [2.45, 2.75) is 136 Å². The van der Waals surface area contributed by atoms with E-state index in [2.05, 4.69) is 56.9 Å². The fourth-order valence-electron chi connectivity index (χ4n) is 4.14. The van der Waals surface area contributed by atoms with Crippen LogP contribution in [0.1, 0.15) is 135 Å². The van der Waals surface area contributed by atoms with Crippen molar-refractivity contribution in [2.24, 2.45) is 0 Å². The quantitative estimate of drug-likeness (QED) is 0.210. The Morgan fingerprint density at radius 2 is 1.13 bits per heavy atom. The Hall–Kier alpha value is -1.08. The average Bonchev–Trinajstić information content (AvgIpc) is 2.75. The predicted octanol–water partition coefficient (Wildman–Crippen LogP) is 9.46. The molecule has 0 atom stereocenters. The van der Waals surface area contributed by atoms with Gasteiger partial charge in [0, 0.05) is 12.1 Å². The van der Waals surface area contributed by atoms with E-state index in [-0.39, 0.29) is 5.54 Å². The van der Waals surface area contributed by atoms with Gasteiger partial charge in [0.2, 0.25) is 0 Å². The molecule has 1 N–H and O–H groups in total. The molecule has 0 bridgehead atoms. The maximum atomic E-state index is 3.82. The Morgan fingerprint density at radius 1 is 0.700 bits per heavy atom. The van der Waals surface area contributed by atoms with Crippen LogP contribution in [-0.2, 0) is 6.54 Å². The van der Waals surface area contributed by atoms with Gasteiger partial charge in [0.15, 0.2) is 0 Å². The van der Waals surface area contributed by atoms with Crippen molar-refractivity contribution in [2.75, 3.05) is 0 Å². The highest BCUT2D eigenvalue weighted by Crippen LogP contribution is 2.18. The highest BCUT2D eigenvalue weighted by molar-refractivity contribution is 5.47. The van der Waals surface area contributed by atoms with Gasteiger partial charge in [-0.1, -0.05) is 140 Å². The van der Waals surface area contributed by atoms with E-state index in [1.165, 1.54) is 114 Å². The molecule has 0 aliphatic carbocycles. The Kier molecular flexibility index (Phi) is 15.8. The third kappa shape index (κ3) is 14.8. The molecule has 172 valence electrons. The molecule has 1 aromatic rings. The molecule has 0 unspecified atom stereocenters. The zero-order valence-corrected chi connectivity index (χ0v) is 20.6. The first-order valence-electron chi connectivity index (χ1n) is 13.0. The summed E-state index contributed by atoms with van der Waals surface area (Å²) >= 11 is 0. The predicted molar refractivity (Wildman–Crippen MR) is 137 cm³/mol. The van der Waals surface area contributed by atoms with Crippen LogP contribution >= 0.6 is 0 Å². The van der Waals surface area contributed by atoms with E-state index in [0.717, 1.165) is 6.54 Å². The summed E-state index contributed by atoms with van der Waals surface area (Å²) in [5.41, 5.74) is 2.76. The van der Waals surface area contributed by atoms with Crippen LogP contribution in [0.3, 0.4) is 0 Å². The first-order chi connectivity index (χ1) is 14.6. The Balaban J connectivity index is 1.91. The second-order valence-electron chi connectivity index (χ2n) is 9.88. The number of rotatable bonds is 20. The van der Waals surface area contributed by atoms with Crippen molar-refractivity contribution >= 4 is 6.08 Å². The summed E-state index contributed by atoms with van der Waals surface area (Å²) in [6, 6.07) is 8.69. The van der Waals surface area contributed by atoms with Crippen LogP contribution in [0.4, 0.5) is 0 Å². The second-order valence-corrected chi connectivity index (χ2v) is 9.88. The fraction of sp³-hybridized carbons (Fsp3) is 0.724. The lowest BCUT2D eigenvalue weighted by atomic mass is 9.95. The van der Waals surface area contributed by atoms with Crippen molar-refractivity contribution in [3.05, 3.63) is 42.0 Å². The third-order valence-corrected chi connectivity index (χ3v) is 6.39. The van der Waals surface area contributed by atoms with Crippen molar-refractivity contribution in [1.29, 1.82) is 0 Å². The van der Waals surface area contributed by atoms with E-state index in [4.69, 9.17) is 0 Å². The van der Waals surface area contributed by atoms with E-state index in [1.54, 1.807) is 0 Å². The minimum absolute atomic E-state index is 0.216. The summed E-state index contributed by atoms with van der Waals surface area (Å²) in [6.45, 7) is 11.7. The molecule has 1 heteroatoms. The number of hydrogen-bond acceptors (Lipinski definition) is 1. The lowest BCUT2D eigenvalue weighted by molar-refractivity contribution is 0.344. The summed E-state index contributed by atoms with van der Waals surface area (Å²) in [5, 5.41) is 3.74. The van der Waals surface area contributed by atoms with Crippen molar-refractivity contribution < 1.29 is 0 Å². The number of benzene rings is 1. The minimum Gasteiger partial charge on any atom is -0.308 e. The molecule has 0 amide bonds. The molecule has 0 fully saturated rings. The molecule has 0 aromatic heterocycles. The Morgan fingerprint density at radius 3 is 1.57 bits per heavy atom. The molecule has 30 heavy (non-hydrogen) atoms. The van der Waals surface area contributed by atoms with Gasteiger partial charge in [-0.3, -0.25) is 0 Å². The summed E-state index contributed by atoms with van der Waals surface area (Å²) in [7, 11) is 0. The normalized spacial score (nSPS) is 11.7. The number of nitrogens with one attached hydrogen (secondary N) is 1. The van der Waals surface area contributed by atoms with Crippen LogP contribution < -0.4 is 5.32 Å². The summed E-state index contributed by atoms with van der Waals surface area (Å²) in [6.07, 6.45) is 24.6. The molecule has 1 nitrogen and oxygen atoms in total. The molecule has 0 spiro atoms. The lowest BCUT2D eigenvalue weighted by Gasteiger charge is -2.26. The van der Waals surface area contributed by atoms with Crippen molar-refractivity contribution in [1.82, 2.24) is 5.32 Å². The second kappa shape index (κ2) is 17.6. The third-order valence-electron chi connectivity index (χ3n) is 6.39. The van der Waals surface area contributed by atoms with E-state index in [9.17, 15) is 0 Å². The molecule has 0 radical (unpaired) electrons. The van der Waals surface area contributed by atoms with Gasteiger partial charge >= 0.3 is 0 Å². The molecule has 1 rings (SSSR count). The van der Waals surface area contributed by atoms with E-state index < -0.39 is 0 Å².